The van der Waals surface area contributed by atoms with Crippen LogP contribution in [0.4, 0.5) is 5.95 Å². The van der Waals surface area contributed by atoms with E-state index < -0.39 is 0 Å². The summed E-state index contributed by atoms with van der Waals surface area (Å²) in [5, 5.41) is 6.73. The molecule has 152 valence electrons. The van der Waals surface area contributed by atoms with Crippen LogP contribution < -0.4 is 16.3 Å². The van der Waals surface area contributed by atoms with Gasteiger partial charge in [-0.3, -0.25) is 18.5 Å². The van der Waals surface area contributed by atoms with E-state index in [0.717, 1.165) is 15.8 Å². The second-order valence-electron chi connectivity index (χ2n) is 8.72. The lowest BCUT2D eigenvalue weighted by atomic mass is 9.89. The molecule has 3 heterocycles. The number of benzene rings is 1. The zero-order chi connectivity index (χ0) is 21.1. The molecule has 0 saturated carbocycles. The molecule has 29 heavy (non-hydrogen) atoms. The first-order valence-corrected chi connectivity index (χ1v) is 9.65. The minimum Gasteiger partial charge on any atom is -0.297 e. The van der Waals surface area contributed by atoms with Gasteiger partial charge in [0.15, 0.2) is 11.2 Å². The Kier molecular flexibility index (Phi) is 4.25. The molecule has 1 aliphatic heterocycles. The molecule has 8 nitrogen and oxygen atoms in total. The second kappa shape index (κ2) is 6.43. The van der Waals surface area contributed by atoms with Crippen molar-refractivity contribution in [3.8, 4) is 0 Å². The third-order valence-corrected chi connectivity index (χ3v) is 5.39. The molecule has 0 unspecified atom stereocenters. The van der Waals surface area contributed by atoms with Crippen molar-refractivity contribution in [1.29, 1.82) is 0 Å². The zero-order valence-electron chi connectivity index (χ0n) is 17.7. The molecule has 0 N–H and O–H groups in total. The van der Waals surface area contributed by atoms with E-state index in [2.05, 4.69) is 50.9 Å². The fourth-order valence-corrected chi connectivity index (χ4v) is 3.63. The predicted octanol–water partition coefficient (Wildman–Crippen LogP) is 2.16. The Morgan fingerprint density at radius 1 is 1.10 bits per heavy atom. The van der Waals surface area contributed by atoms with Gasteiger partial charge < -0.3 is 0 Å². The number of hydrogen-bond acceptors (Lipinski definition) is 5. The first kappa shape index (κ1) is 19.2. The number of rotatable bonds is 2. The molecule has 1 aliphatic rings. The molecule has 0 aliphatic carbocycles. The number of anilines is 1. The maximum Gasteiger partial charge on any atom is 0.332 e. The van der Waals surface area contributed by atoms with Gasteiger partial charge in [-0.1, -0.05) is 50.6 Å². The van der Waals surface area contributed by atoms with E-state index in [9.17, 15) is 9.59 Å². The first-order valence-electron chi connectivity index (χ1n) is 9.65. The molecule has 3 aromatic rings. The minimum absolute atomic E-state index is 0.176. The van der Waals surface area contributed by atoms with Crippen molar-refractivity contribution >= 4 is 22.8 Å². The summed E-state index contributed by atoms with van der Waals surface area (Å²) in [5.74, 6) is 0.577. The van der Waals surface area contributed by atoms with Gasteiger partial charge in [-0.2, -0.15) is 10.1 Å². The number of aromatic nitrogens is 4. The lowest BCUT2D eigenvalue weighted by Gasteiger charge is -2.31. The first-order chi connectivity index (χ1) is 13.6. The van der Waals surface area contributed by atoms with Gasteiger partial charge in [0.05, 0.1) is 18.8 Å². The van der Waals surface area contributed by atoms with Crippen LogP contribution in [0, 0.1) is 12.3 Å². The van der Waals surface area contributed by atoms with E-state index in [-0.39, 0.29) is 16.7 Å². The maximum absolute atomic E-state index is 12.9. The summed E-state index contributed by atoms with van der Waals surface area (Å²) >= 11 is 0. The molecule has 2 aromatic heterocycles. The van der Waals surface area contributed by atoms with Crippen LogP contribution in [-0.2, 0) is 27.2 Å². The number of nitrogens with zero attached hydrogens (tertiary/aromatic N) is 6. The van der Waals surface area contributed by atoms with Crippen LogP contribution >= 0.6 is 0 Å². The van der Waals surface area contributed by atoms with Crippen LogP contribution in [0.2, 0.25) is 0 Å². The summed E-state index contributed by atoms with van der Waals surface area (Å²) in [7, 11) is 3.13. The number of hydrogen-bond donors (Lipinski definition) is 0. The largest absolute Gasteiger partial charge is 0.332 e. The molecule has 1 aromatic carbocycles. The summed E-state index contributed by atoms with van der Waals surface area (Å²) in [6.45, 7) is 9.36. The van der Waals surface area contributed by atoms with E-state index in [4.69, 9.17) is 5.10 Å². The highest BCUT2D eigenvalue weighted by Crippen LogP contribution is 2.30. The highest BCUT2D eigenvalue weighted by molar-refractivity contribution is 5.93. The van der Waals surface area contributed by atoms with Gasteiger partial charge in [0.25, 0.3) is 5.56 Å². The fourth-order valence-electron chi connectivity index (χ4n) is 3.63. The quantitative estimate of drug-likeness (QED) is 0.667. The van der Waals surface area contributed by atoms with E-state index in [0.29, 0.717) is 30.2 Å². The maximum atomic E-state index is 12.9. The number of aryl methyl sites for hydroxylation is 2. The summed E-state index contributed by atoms with van der Waals surface area (Å²) in [5.41, 5.74) is 3.13. The summed E-state index contributed by atoms with van der Waals surface area (Å²) in [6.07, 6.45) is 0. The molecule has 0 radical (unpaired) electrons. The van der Waals surface area contributed by atoms with E-state index in [1.807, 2.05) is 15.6 Å². The van der Waals surface area contributed by atoms with Gasteiger partial charge in [0, 0.05) is 19.5 Å². The second-order valence-corrected chi connectivity index (χ2v) is 8.72. The Balaban J connectivity index is 1.96. The summed E-state index contributed by atoms with van der Waals surface area (Å²) in [4.78, 5) is 30.0. The molecule has 0 saturated heterocycles. The van der Waals surface area contributed by atoms with Crippen molar-refractivity contribution < 1.29 is 0 Å². The van der Waals surface area contributed by atoms with Crippen molar-refractivity contribution in [1.82, 2.24) is 18.7 Å². The van der Waals surface area contributed by atoms with Crippen molar-refractivity contribution in [2.24, 2.45) is 24.6 Å². The molecule has 0 bridgehead atoms. The average molecular weight is 394 g/mol. The van der Waals surface area contributed by atoms with Crippen LogP contribution in [0.15, 0.2) is 39.0 Å². The van der Waals surface area contributed by atoms with Crippen LogP contribution in [0.1, 0.15) is 31.9 Å². The van der Waals surface area contributed by atoms with Crippen LogP contribution in [0.25, 0.3) is 11.2 Å². The van der Waals surface area contributed by atoms with Gasteiger partial charge in [0.1, 0.15) is 0 Å². The van der Waals surface area contributed by atoms with Crippen molar-refractivity contribution in [2.75, 3.05) is 5.01 Å². The van der Waals surface area contributed by atoms with E-state index in [1.165, 1.54) is 17.2 Å². The van der Waals surface area contributed by atoms with Gasteiger partial charge in [0.2, 0.25) is 5.95 Å². The SMILES string of the molecule is Cc1cccc(CN2N=C(C(C)(C)C)Cn3c2nc2c3c(=O)n(C)c(=O)n2C)c1. The average Bonchev–Trinajstić information content (AvgIpc) is 3.04. The molecular weight excluding hydrogens is 368 g/mol. The fraction of sp³-hybridized carbons (Fsp3) is 0.429. The van der Waals surface area contributed by atoms with Gasteiger partial charge >= 0.3 is 5.69 Å². The van der Waals surface area contributed by atoms with Gasteiger partial charge in [-0.15, -0.1) is 0 Å². The molecule has 0 atom stereocenters. The van der Waals surface area contributed by atoms with Crippen molar-refractivity contribution in [3.05, 3.63) is 56.2 Å². The summed E-state index contributed by atoms with van der Waals surface area (Å²) < 4.78 is 4.44. The van der Waals surface area contributed by atoms with Crippen LogP contribution in [0.5, 0.6) is 0 Å². The topological polar surface area (TPSA) is 77.4 Å². The standard InChI is InChI=1S/C21H26N6O2/c1-13-8-7-9-14(10-13)11-27-19-22-17-16(18(28)25(6)20(29)24(17)5)26(19)12-15(23-27)21(2,3)4/h7-10H,11-12H2,1-6H3. The Bertz CT molecular complexity index is 1270. The highest BCUT2D eigenvalue weighted by Gasteiger charge is 2.31. The van der Waals surface area contributed by atoms with Crippen molar-refractivity contribution in [3.63, 3.8) is 0 Å². The zero-order valence-corrected chi connectivity index (χ0v) is 17.7. The lowest BCUT2D eigenvalue weighted by molar-refractivity contribution is 0.549. The Labute approximate surface area is 168 Å². The Morgan fingerprint density at radius 3 is 2.48 bits per heavy atom. The van der Waals surface area contributed by atoms with Gasteiger partial charge in [-0.25, -0.2) is 9.80 Å². The smallest absolute Gasteiger partial charge is 0.297 e. The Morgan fingerprint density at radius 2 is 1.83 bits per heavy atom. The molecule has 0 fully saturated rings. The molecular formula is C21H26N6O2. The normalized spacial score (nSPS) is 14.3. The third kappa shape index (κ3) is 3.08. The van der Waals surface area contributed by atoms with E-state index in [1.54, 1.807) is 7.05 Å². The number of imidazole rings is 1. The summed E-state index contributed by atoms with van der Waals surface area (Å²) in [6, 6.07) is 8.24. The number of hydrazone groups is 1. The predicted molar refractivity (Wildman–Crippen MR) is 114 cm³/mol. The van der Waals surface area contributed by atoms with E-state index >= 15 is 0 Å². The van der Waals surface area contributed by atoms with Crippen LogP contribution in [-0.4, -0.2) is 24.4 Å². The Hall–Kier alpha value is -3.16. The molecule has 0 spiro atoms. The monoisotopic (exact) mass is 394 g/mol. The lowest BCUT2D eigenvalue weighted by Crippen LogP contribution is -2.39. The minimum atomic E-state index is -0.389. The number of fused-ring (bicyclic) bond motifs is 3. The highest BCUT2D eigenvalue weighted by atomic mass is 16.2. The van der Waals surface area contributed by atoms with Crippen LogP contribution in [0.3, 0.4) is 0 Å². The van der Waals surface area contributed by atoms with Gasteiger partial charge in [-0.05, 0) is 12.5 Å². The molecule has 0 amide bonds. The van der Waals surface area contributed by atoms with Crippen molar-refractivity contribution in [2.45, 2.75) is 40.8 Å². The third-order valence-electron chi connectivity index (χ3n) is 5.39. The molecule has 8 heteroatoms. The molecule has 4 rings (SSSR count).